The Balaban J connectivity index is 1.43. The van der Waals surface area contributed by atoms with Crippen LogP contribution in [0.2, 0.25) is 0 Å². The molecule has 3 rings (SSSR count). The largest absolute Gasteiger partial charge is 0.491 e. The van der Waals surface area contributed by atoms with Crippen molar-refractivity contribution in [2.24, 2.45) is 5.92 Å². The highest BCUT2D eigenvalue weighted by atomic mass is 19.1. The molecule has 160 valence electrons. The molecule has 2 aromatic carbocycles. The van der Waals surface area contributed by atoms with Crippen LogP contribution in [0.25, 0.3) is 0 Å². The van der Waals surface area contributed by atoms with Crippen LogP contribution < -0.4 is 10.1 Å². The summed E-state index contributed by atoms with van der Waals surface area (Å²) < 4.78 is 19.0. The van der Waals surface area contributed by atoms with Gasteiger partial charge in [-0.3, -0.25) is 9.59 Å². The van der Waals surface area contributed by atoms with Crippen molar-refractivity contribution in [1.29, 1.82) is 0 Å². The minimum atomic E-state index is -0.326. The highest BCUT2D eigenvalue weighted by Gasteiger charge is 2.21. The Bertz CT molecular complexity index is 854. The molecule has 1 aliphatic heterocycles. The maximum absolute atomic E-state index is 13.0. The number of benzene rings is 2. The van der Waals surface area contributed by atoms with E-state index < -0.39 is 0 Å². The van der Waals surface area contributed by atoms with E-state index in [1.807, 2.05) is 24.3 Å². The third-order valence-corrected chi connectivity index (χ3v) is 5.32. The van der Waals surface area contributed by atoms with Crippen LogP contribution in [0.1, 0.15) is 43.0 Å². The first kappa shape index (κ1) is 22.0. The van der Waals surface area contributed by atoms with E-state index in [1.54, 1.807) is 12.1 Å². The molecule has 1 saturated heterocycles. The SMILES string of the molecule is CC(=O)Nc1ccccc1OCC1CCCN(CCCC(=O)c2ccc(F)cc2)C1. The highest BCUT2D eigenvalue weighted by molar-refractivity contribution is 5.96. The standard InChI is InChI=1S/C24H29FN2O3/c1-18(28)26-22-7-2-3-9-24(22)30-17-19-6-4-14-27(16-19)15-5-8-23(29)20-10-12-21(25)13-11-20/h2-3,7,9-13,19H,4-6,8,14-17H2,1H3,(H,26,28). The van der Waals surface area contributed by atoms with Crippen molar-refractivity contribution in [1.82, 2.24) is 4.90 Å². The second kappa shape index (κ2) is 10.9. The monoisotopic (exact) mass is 412 g/mol. The van der Waals surface area contributed by atoms with Gasteiger partial charge in [0.1, 0.15) is 11.6 Å². The van der Waals surface area contributed by atoms with Crippen LogP contribution in [0.15, 0.2) is 48.5 Å². The first-order chi connectivity index (χ1) is 14.5. The van der Waals surface area contributed by atoms with Gasteiger partial charge in [-0.1, -0.05) is 12.1 Å². The molecule has 0 saturated carbocycles. The summed E-state index contributed by atoms with van der Waals surface area (Å²) in [5.74, 6) is 0.714. The van der Waals surface area contributed by atoms with E-state index in [2.05, 4.69) is 10.2 Å². The Morgan fingerprint density at radius 2 is 1.93 bits per heavy atom. The number of halogens is 1. The highest BCUT2D eigenvalue weighted by Crippen LogP contribution is 2.26. The number of nitrogens with zero attached hydrogens (tertiary/aromatic N) is 1. The number of hydrogen-bond acceptors (Lipinski definition) is 4. The second-order valence-corrected chi connectivity index (χ2v) is 7.83. The number of ketones is 1. The average molecular weight is 413 g/mol. The predicted molar refractivity (Wildman–Crippen MR) is 115 cm³/mol. The Kier molecular flexibility index (Phi) is 7.97. The summed E-state index contributed by atoms with van der Waals surface area (Å²) in [6, 6.07) is 13.2. The van der Waals surface area contributed by atoms with Gasteiger partial charge in [0.05, 0.1) is 12.3 Å². The molecular formula is C24H29FN2O3. The molecular weight excluding hydrogens is 383 g/mol. The number of para-hydroxylation sites is 2. The molecule has 1 fully saturated rings. The molecule has 2 aromatic rings. The zero-order chi connectivity index (χ0) is 21.3. The lowest BCUT2D eigenvalue weighted by atomic mass is 9.98. The van der Waals surface area contributed by atoms with E-state index in [9.17, 15) is 14.0 Å². The van der Waals surface area contributed by atoms with Crippen LogP contribution in [-0.2, 0) is 4.79 Å². The summed E-state index contributed by atoms with van der Waals surface area (Å²) in [6.07, 6.45) is 3.46. The van der Waals surface area contributed by atoms with Gasteiger partial charge < -0.3 is 15.0 Å². The van der Waals surface area contributed by atoms with Gasteiger partial charge in [0.25, 0.3) is 0 Å². The molecule has 1 heterocycles. The van der Waals surface area contributed by atoms with Crippen LogP contribution in [0.4, 0.5) is 10.1 Å². The van der Waals surface area contributed by atoms with Gasteiger partial charge in [-0.25, -0.2) is 4.39 Å². The van der Waals surface area contributed by atoms with Crippen molar-refractivity contribution in [2.75, 3.05) is 31.6 Å². The number of anilines is 1. The zero-order valence-corrected chi connectivity index (χ0v) is 17.4. The summed E-state index contributed by atoms with van der Waals surface area (Å²) in [6.45, 7) is 4.92. The quantitative estimate of drug-likeness (QED) is 0.615. The smallest absolute Gasteiger partial charge is 0.221 e. The summed E-state index contributed by atoms with van der Waals surface area (Å²) in [5, 5.41) is 2.80. The summed E-state index contributed by atoms with van der Waals surface area (Å²) >= 11 is 0. The molecule has 1 unspecified atom stereocenters. The van der Waals surface area contributed by atoms with E-state index in [-0.39, 0.29) is 17.5 Å². The lowest BCUT2D eigenvalue weighted by molar-refractivity contribution is -0.114. The first-order valence-electron chi connectivity index (χ1n) is 10.5. The number of Topliss-reactive ketones (excluding diaryl/α,β-unsaturated/α-hetero) is 1. The fraction of sp³-hybridized carbons (Fsp3) is 0.417. The van der Waals surface area contributed by atoms with Gasteiger partial charge in [-0.2, -0.15) is 0 Å². The third-order valence-electron chi connectivity index (χ3n) is 5.32. The summed E-state index contributed by atoms with van der Waals surface area (Å²) in [5.41, 5.74) is 1.26. The average Bonchev–Trinajstić information content (AvgIpc) is 2.73. The minimum absolute atomic E-state index is 0.0569. The molecule has 30 heavy (non-hydrogen) atoms. The lowest BCUT2D eigenvalue weighted by Crippen LogP contribution is -2.38. The van der Waals surface area contributed by atoms with Gasteiger partial charge in [-0.15, -0.1) is 0 Å². The van der Waals surface area contributed by atoms with Crippen LogP contribution in [-0.4, -0.2) is 42.8 Å². The van der Waals surface area contributed by atoms with Crippen molar-refractivity contribution < 1.29 is 18.7 Å². The van der Waals surface area contributed by atoms with Gasteiger partial charge >= 0.3 is 0 Å². The van der Waals surface area contributed by atoms with Crippen molar-refractivity contribution >= 4 is 17.4 Å². The summed E-state index contributed by atoms with van der Waals surface area (Å²) in [7, 11) is 0. The Labute approximate surface area is 177 Å². The Hall–Kier alpha value is -2.73. The topological polar surface area (TPSA) is 58.6 Å². The van der Waals surface area contributed by atoms with Crippen LogP contribution >= 0.6 is 0 Å². The maximum Gasteiger partial charge on any atom is 0.221 e. The normalized spacial score (nSPS) is 16.8. The number of likely N-dealkylation sites (tertiary alicyclic amines) is 1. The van der Waals surface area contributed by atoms with Gasteiger partial charge in [0.2, 0.25) is 5.91 Å². The fourth-order valence-electron chi connectivity index (χ4n) is 3.83. The molecule has 1 atom stereocenters. The van der Waals surface area contributed by atoms with E-state index in [0.29, 0.717) is 35.9 Å². The maximum atomic E-state index is 13.0. The Morgan fingerprint density at radius 3 is 2.70 bits per heavy atom. The van der Waals surface area contributed by atoms with E-state index >= 15 is 0 Å². The number of carbonyl (C=O) groups is 2. The van der Waals surface area contributed by atoms with Crippen LogP contribution in [0, 0.1) is 11.7 Å². The molecule has 1 aliphatic rings. The lowest BCUT2D eigenvalue weighted by Gasteiger charge is -2.32. The van der Waals surface area contributed by atoms with E-state index in [0.717, 1.165) is 38.9 Å². The number of nitrogens with one attached hydrogen (secondary N) is 1. The molecule has 0 radical (unpaired) electrons. The molecule has 0 spiro atoms. The molecule has 1 N–H and O–H groups in total. The molecule has 6 heteroatoms. The van der Waals surface area contributed by atoms with Gasteiger partial charge in [0, 0.05) is 31.4 Å². The summed E-state index contributed by atoms with van der Waals surface area (Å²) in [4.78, 5) is 26.0. The van der Waals surface area contributed by atoms with E-state index in [1.165, 1.54) is 19.1 Å². The third kappa shape index (κ3) is 6.66. The second-order valence-electron chi connectivity index (χ2n) is 7.83. The first-order valence-corrected chi connectivity index (χ1v) is 10.5. The number of carbonyl (C=O) groups excluding carboxylic acids is 2. The number of ether oxygens (including phenoxy) is 1. The number of piperidine rings is 1. The minimum Gasteiger partial charge on any atom is -0.491 e. The zero-order valence-electron chi connectivity index (χ0n) is 17.4. The Morgan fingerprint density at radius 1 is 1.17 bits per heavy atom. The number of rotatable bonds is 9. The predicted octanol–water partition coefficient (Wildman–Crippen LogP) is 4.54. The number of hydrogen-bond donors (Lipinski definition) is 1. The molecule has 0 aromatic heterocycles. The van der Waals surface area contributed by atoms with E-state index in [4.69, 9.17) is 4.74 Å². The molecule has 5 nitrogen and oxygen atoms in total. The van der Waals surface area contributed by atoms with Crippen molar-refractivity contribution in [3.8, 4) is 5.75 Å². The van der Waals surface area contributed by atoms with Crippen molar-refractivity contribution in [3.63, 3.8) is 0 Å². The van der Waals surface area contributed by atoms with Gasteiger partial charge in [-0.05, 0) is 68.8 Å². The molecule has 1 amide bonds. The van der Waals surface area contributed by atoms with Crippen LogP contribution in [0.3, 0.4) is 0 Å². The van der Waals surface area contributed by atoms with Crippen molar-refractivity contribution in [3.05, 3.63) is 59.9 Å². The van der Waals surface area contributed by atoms with Gasteiger partial charge in [0.15, 0.2) is 5.78 Å². The molecule has 0 aliphatic carbocycles. The fourth-order valence-corrected chi connectivity index (χ4v) is 3.83. The van der Waals surface area contributed by atoms with Crippen molar-refractivity contribution in [2.45, 2.75) is 32.6 Å². The van der Waals surface area contributed by atoms with Crippen LogP contribution in [0.5, 0.6) is 5.75 Å². The molecule has 0 bridgehead atoms. The number of amides is 1.